The number of amides is 1. The summed E-state index contributed by atoms with van der Waals surface area (Å²) in [6.07, 6.45) is 0.583. The van der Waals surface area contributed by atoms with Gasteiger partial charge in [0.15, 0.2) is 0 Å². The van der Waals surface area contributed by atoms with Crippen LogP contribution in [0.3, 0.4) is 0 Å². The van der Waals surface area contributed by atoms with Gasteiger partial charge in [-0.1, -0.05) is 27.7 Å². The maximum Gasteiger partial charge on any atom is 0.239 e. The number of aliphatic hydroxyl groups excluding tert-OH is 1. The Balaban J connectivity index is 1.94. The summed E-state index contributed by atoms with van der Waals surface area (Å²) in [6.45, 7) is 10.1. The zero-order chi connectivity index (χ0) is 16.5. The molecule has 0 spiro atoms. The van der Waals surface area contributed by atoms with E-state index in [1.807, 2.05) is 24.9 Å². The summed E-state index contributed by atoms with van der Waals surface area (Å²) in [7, 11) is 1.83. The average Bonchev–Trinajstić information content (AvgIpc) is 2.75. The molecule has 0 saturated carbocycles. The van der Waals surface area contributed by atoms with E-state index in [1.54, 1.807) is 4.68 Å². The second kappa shape index (κ2) is 6.38. The Labute approximate surface area is 132 Å². The molecule has 0 aromatic carbocycles. The number of rotatable bonds is 3. The number of β-amino-alcohol motifs (C(OH)–C–C–N with tert-alkyl or cyclic N) is 1. The molecule has 6 heteroatoms. The Bertz CT molecular complexity index is 533. The summed E-state index contributed by atoms with van der Waals surface area (Å²) < 4.78 is 1.70. The highest BCUT2D eigenvalue weighted by Crippen LogP contribution is 2.23. The van der Waals surface area contributed by atoms with Crippen molar-refractivity contribution in [1.29, 1.82) is 0 Å². The van der Waals surface area contributed by atoms with Crippen molar-refractivity contribution >= 4 is 11.7 Å². The third-order valence-corrected chi connectivity index (χ3v) is 4.29. The van der Waals surface area contributed by atoms with Crippen LogP contribution in [0.25, 0.3) is 0 Å². The third kappa shape index (κ3) is 4.08. The Morgan fingerprint density at radius 1 is 1.50 bits per heavy atom. The molecule has 2 N–H and O–H groups in total. The fourth-order valence-electron chi connectivity index (χ4n) is 2.59. The van der Waals surface area contributed by atoms with Crippen molar-refractivity contribution in [1.82, 2.24) is 14.7 Å². The van der Waals surface area contributed by atoms with Crippen LogP contribution in [-0.4, -0.2) is 51.4 Å². The number of carbonyl (C=O) groups excluding carboxylic acids is 1. The standard InChI is InChI=1S/C16H28N4O2/c1-11-6-7-20(9-12(11)21)10-15(22)17-14-8-13(16(2,3)4)18-19(14)5/h8,11-12,21H,6-7,9-10H2,1-5H3,(H,17,22). The minimum atomic E-state index is -0.342. The molecule has 124 valence electrons. The first-order valence-electron chi connectivity index (χ1n) is 7.91. The molecule has 1 aromatic heterocycles. The molecule has 0 bridgehead atoms. The number of hydrogen-bond acceptors (Lipinski definition) is 4. The summed E-state index contributed by atoms with van der Waals surface area (Å²) in [4.78, 5) is 14.2. The van der Waals surface area contributed by atoms with Gasteiger partial charge < -0.3 is 10.4 Å². The first kappa shape index (κ1) is 17.0. The quantitative estimate of drug-likeness (QED) is 0.884. The highest BCUT2D eigenvalue weighted by molar-refractivity contribution is 5.91. The molecule has 2 heterocycles. The predicted octanol–water partition coefficient (Wildman–Crippen LogP) is 1.36. The van der Waals surface area contributed by atoms with Gasteiger partial charge in [0.25, 0.3) is 0 Å². The highest BCUT2D eigenvalue weighted by Gasteiger charge is 2.26. The SMILES string of the molecule is CC1CCN(CC(=O)Nc2cc(C(C)(C)C)nn2C)CC1O. The molecular weight excluding hydrogens is 280 g/mol. The molecule has 1 fully saturated rings. The summed E-state index contributed by atoms with van der Waals surface area (Å²) in [5, 5.41) is 17.3. The maximum atomic E-state index is 12.2. The Hall–Kier alpha value is -1.40. The number of nitrogens with one attached hydrogen (secondary N) is 1. The normalized spacial score (nSPS) is 23.5. The number of aromatic nitrogens is 2. The van der Waals surface area contributed by atoms with E-state index in [1.165, 1.54) is 0 Å². The number of hydrogen-bond donors (Lipinski definition) is 2. The maximum absolute atomic E-state index is 12.2. The number of aryl methyl sites for hydroxylation is 1. The van der Waals surface area contributed by atoms with Crippen molar-refractivity contribution in [3.8, 4) is 0 Å². The lowest BCUT2D eigenvalue weighted by Gasteiger charge is -2.33. The number of carbonyl (C=O) groups is 1. The number of likely N-dealkylation sites (tertiary alicyclic amines) is 1. The lowest BCUT2D eigenvalue weighted by molar-refractivity contribution is -0.118. The average molecular weight is 308 g/mol. The van der Waals surface area contributed by atoms with Crippen LogP contribution in [0.2, 0.25) is 0 Å². The minimum Gasteiger partial charge on any atom is -0.392 e. The highest BCUT2D eigenvalue weighted by atomic mass is 16.3. The molecule has 2 atom stereocenters. The van der Waals surface area contributed by atoms with Crippen molar-refractivity contribution in [2.45, 2.75) is 45.6 Å². The van der Waals surface area contributed by atoms with Gasteiger partial charge in [-0.25, -0.2) is 0 Å². The molecule has 1 aromatic rings. The molecule has 22 heavy (non-hydrogen) atoms. The minimum absolute atomic E-state index is 0.0478. The fraction of sp³-hybridized carbons (Fsp3) is 0.750. The van der Waals surface area contributed by atoms with E-state index in [9.17, 15) is 9.90 Å². The zero-order valence-electron chi connectivity index (χ0n) is 14.3. The summed E-state index contributed by atoms with van der Waals surface area (Å²) in [6, 6.07) is 1.92. The lowest BCUT2D eigenvalue weighted by Crippen LogP contribution is -2.45. The largest absolute Gasteiger partial charge is 0.392 e. The number of aliphatic hydroxyl groups is 1. The summed E-state index contributed by atoms with van der Waals surface area (Å²) in [5.74, 6) is 0.955. The van der Waals surface area contributed by atoms with Gasteiger partial charge in [-0.15, -0.1) is 0 Å². The van der Waals surface area contributed by atoms with Crippen LogP contribution in [0.5, 0.6) is 0 Å². The Morgan fingerprint density at radius 2 is 2.18 bits per heavy atom. The first-order chi connectivity index (χ1) is 10.2. The first-order valence-corrected chi connectivity index (χ1v) is 7.91. The molecule has 1 aliphatic rings. The number of anilines is 1. The molecule has 1 saturated heterocycles. The van der Waals surface area contributed by atoms with Crippen LogP contribution in [-0.2, 0) is 17.3 Å². The predicted molar refractivity (Wildman–Crippen MR) is 86.8 cm³/mol. The number of piperidine rings is 1. The van der Waals surface area contributed by atoms with Gasteiger partial charge in [-0.05, 0) is 18.9 Å². The van der Waals surface area contributed by atoms with Gasteiger partial charge in [0.1, 0.15) is 5.82 Å². The van der Waals surface area contributed by atoms with Crippen LogP contribution >= 0.6 is 0 Å². The van der Waals surface area contributed by atoms with Crippen LogP contribution < -0.4 is 5.32 Å². The van der Waals surface area contributed by atoms with Crippen LogP contribution in [0, 0.1) is 5.92 Å². The molecule has 0 aliphatic carbocycles. The molecule has 6 nitrogen and oxygen atoms in total. The van der Waals surface area contributed by atoms with Crippen LogP contribution in [0.15, 0.2) is 6.07 Å². The molecular formula is C16H28N4O2. The van der Waals surface area contributed by atoms with E-state index in [0.717, 1.165) is 18.7 Å². The van der Waals surface area contributed by atoms with Gasteiger partial charge in [0.05, 0.1) is 18.3 Å². The van der Waals surface area contributed by atoms with E-state index in [4.69, 9.17) is 0 Å². The number of nitrogens with zero attached hydrogens (tertiary/aromatic N) is 3. The smallest absolute Gasteiger partial charge is 0.239 e. The van der Waals surface area contributed by atoms with Crippen LogP contribution in [0.1, 0.15) is 39.8 Å². The zero-order valence-corrected chi connectivity index (χ0v) is 14.3. The Kier molecular flexibility index (Phi) is 4.92. The molecule has 2 rings (SSSR count). The van der Waals surface area contributed by atoms with Crippen LogP contribution in [0.4, 0.5) is 5.82 Å². The van der Waals surface area contributed by atoms with E-state index >= 15 is 0 Å². The molecule has 1 aliphatic heterocycles. The van der Waals surface area contributed by atoms with Gasteiger partial charge in [0, 0.05) is 25.1 Å². The molecule has 0 radical (unpaired) electrons. The van der Waals surface area contributed by atoms with Crippen molar-refractivity contribution < 1.29 is 9.90 Å². The van der Waals surface area contributed by atoms with Crippen molar-refractivity contribution in [2.75, 3.05) is 25.0 Å². The van der Waals surface area contributed by atoms with Gasteiger partial charge in [-0.2, -0.15) is 5.10 Å². The monoisotopic (exact) mass is 308 g/mol. The Morgan fingerprint density at radius 3 is 2.73 bits per heavy atom. The van der Waals surface area contributed by atoms with E-state index < -0.39 is 0 Å². The van der Waals surface area contributed by atoms with Crippen molar-refractivity contribution in [2.24, 2.45) is 13.0 Å². The van der Waals surface area contributed by atoms with E-state index in [-0.39, 0.29) is 17.4 Å². The second-order valence-corrected chi connectivity index (χ2v) is 7.41. The molecule has 2 unspecified atom stereocenters. The third-order valence-electron chi connectivity index (χ3n) is 4.29. The fourth-order valence-corrected chi connectivity index (χ4v) is 2.59. The van der Waals surface area contributed by atoms with Crippen molar-refractivity contribution in [3.63, 3.8) is 0 Å². The van der Waals surface area contributed by atoms with E-state index in [2.05, 4.69) is 31.2 Å². The van der Waals surface area contributed by atoms with Gasteiger partial charge in [0.2, 0.25) is 5.91 Å². The van der Waals surface area contributed by atoms with Gasteiger partial charge >= 0.3 is 0 Å². The summed E-state index contributed by atoms with van der Waals surface area (Å²) in [5.41, 5.74) is 0.904. The van der Waals surface area contributed by atoms with Gasteiger partial charge in [-0.3, -0.25) is 14.4 Å². The topological polar surface area (TPSA) is 70.4 Å². The van der Waals surface area contributed by atoms with Crippen molar-refractivity contribution in [3.05, 3.63) is 11.8 Å². The lowest BCUT2D eigenvalue weighted by atomic mass is 9.92. The second-order valence-electron chi connectivity index (χ2n) is 7.41. The summed E-state index contributed by atoms with van der Waals surface area (Å²) >= 11 is 0. The molecule has 1 amide bonds. The van der Waals surface area contributed by atoms with E-state index in [0.29, 0.717) is 24.8 Å².